The molecule has 3 rings (SSSR count). The number of nitrogens with zero attached hydrogens (tertiary/aromatic N) is 2. The van der Waals surface area contributed by atoms with Crippen molar-refractivity contribution in [2.45, 2.75) is 36.8 Å². The molecular weight excluding hydrogens is 375 g/mol. The van der Waals surface area contributed by atoms with E-state index in [2.05, 4.69) is 10.3 Å². The number of halogens is 3. The van der Waals surface area contributed by atoms with E-state index >= 15 is 0 Å². The number of hydrogen-bond acceptors (Lipinski definition) is 5. The Bertz CT molecular complexity index is 909. The summed E-state index contributed by atoms with van der Waals surface area (Å²) in [5.74, 6) is -1.19. The predicted molar refractivity (Wildman–Crippen MR) is 91.0 cm³/mol. The second-order valence-corrected chi connectivity index (χ2v) is 6.57. The summed E-state index contributed by atoms with van der Waals surface area (Å²) in [6, 6.07) is 8.96. The van der Waals surface area contributed by atoms with Crippen LogP contribution < -0.4 is 5.32 Å². The molecule has 0 aliphatic heterocycles. The summed E-state index contributed by atoms with van der Waals surface area (Å²) in [4.78, 5) is 15.9. The maximum absolute atomic E-state index is 12.7. The molecule has 1 amide bonds. The summed E-state index contributed by atoms with van der Waals surface area (Å²) in [5.41, 5.74) is -0.219. The fraction of sp³-hybridized carbons (Fsp3) is 0.316. The molecular formula is C19H16F3N3O3. The van der Waals surface area contributed by atoms with Crippen molar-refractivity contribution in [2.24, 2.45) is 0 Å². The summed E-state index contributed by atoms with van der Waals surface area (Å²) in [7, 11) is 0. The van der Waals surface area contributed by atoms with Gasteiger partial charge in [-0.15, -0.1) is 0 Å². The van der Waals surface area contributed by atoms with Gasteiger partial charge in [-0.05, 0) is 36.2 Å². The Labute approximate surface area is 158 Å². The van der Waals surface area contributed by atoms with Gasteiger partial charge in [0.25, 0.3) is 5.91 Å². The zero-order valence-corrected chi connectivity index (χ0v) is 14.4. The van der Waals surface area contributed by atoms with Gasteiger partial charge < -0.3 is 15.5 Å². The third-order valence-electron chi connectivity index (χ3n) is 4.75. The van der Waals surface area contributed by atoms with E-state index in [4.69, 9.17) is 5.26 Å². The van der Waals surface area contributed by atoms with Crippen molar-refractivity contribution >= 4 is 5.91 Å². The lowest BCUT2D eigenvalue weighted by molar-refractivity contribution is -0.141. The number of nitriles is 1. The second-order valence-electron chi connectivity index (χ2n) is 6.57. The van der Waals surface area contributed by atoms with Crippen LogP contribution in [0.25, 0.3) is 0 Å². The highest BCUT2D eigenvalue weighted by atomic mass is 19.4. The summed E-state index contributed by atoms with van der Waals surface area (Å²) in [6.45, 7) is 0. The number of nitrogens with one attached hydrogen (secondary N) is 1. The third-order valence-corrected chi connectivity index (χ3v) is 4.75. The fourth-order valence-electron chi connectivity index (χ4n) is 3.31. The van der Waals surface area contributed by atoms with Gasteiger partial charge in [-0.25, -0.2) is 0 Å². The Morgan fingerprint density at radius 1 is 1.25 bits per heavy atom. The molecule has 1 aromatic heterocycles. The van der Waals surface area contributed by atoms with Gasteiger partial charge in [0, 0.05) is 17.7 Å². The van der Waals surface area contributed by atoms with E-state index in [1.807, 2.05) is 6.07 Å². The molecule has 1 aliphatic carbocycles. The number of carbonyl (C=O) groups is 1. The number of aliphatic hydroxyl groups is 2. The van der Waals surface area contributed by atoms with Gasteiger partial charge in [0.2, 0.25) is 0 Å². The van der Waals surface area contributed by atoms with Crippen LogP contribution in [0.4, 0.5) is 13.2 Å². The largest absolute Gasteiger partial charge is 0.433 e. The van der Waals surface area contributed by atoms with Crippen molar-refractivity contribution in [1.82, 2.24) is 10.3 Å². The van der Waals surface area contributed by atoms with Crippen molar-refractivity contribution < 1.29 is 28.2 Å². The van der Waals surface area contributed by atoms with Crippen LogP contribution in [0.15, 0.2) is 42.6 Å². The van der Waals surface area contributed by atoms with Crippen LogP contribution in [0.5, 0.6) is 0 Å². The van der Waals surface area contributed by atoms with Crippen molar-refractivity contribution in [3.05, 3.63) is 65.0 Å². The summed E-state index contributed by atoms with van der Waals surface area (Å²) in [5, 5.41) is 31.8. The van der Waals surface area contributed by atoms with Crippen molar-refractivity contribution in [3.8, 4) is 6.07 Å². The number of alkyl halides is 3. The summed E-state index contributed by atoms with van der Waals surface area (Å²) >= 11 is 0. The second kappa shape index (κ2) is 7.58. The molecule has 1 aromatic carbocycles. The van der Waals surface area contributed by atoms with Crippen molar-refractivity contribution in [3.63, 3.8) is 0 Å². The Kier molecular flexibility index (Phi) is 5.36. The zero-order valence-electron chi connectivity index (χ0n) is 14.4. The van der Waals surface area contributed by atoms with E-state index in [9.17, 15) is 28.2 Å². The van der Waals surface area contributed by atoms with E-state index in [0.717, 1.165) is 12.3 Å². The standard InChI is InChI=1S/C19H16F3N3O3/c20-19(21,22)15-5-4-12(9-24-15)13-7-14(26)17(27)16(13)25-18(28)11-3-1-2-10(6-11)8-23/h1-6,9,13-14,16-17,26-27H,7H2,(H,25,28)/t13-,14-,16-,17-/m1/s1. The van der Waals surface area contributed by atoms with Gasteiger partial charge in [-0.2, -0.15) is 18.4 Å². The van der Waals surface area contributed by atoms with Crippen LogP contribution in [-0.4, -0.2) is 39.4 Å². The summed E-state index contributed by atoms with van der Waals surface area (Å²) in [6.07, 6.45) is -5.93. The maximum Gasteiger partial charge on any atom is 0.433 e. The molecule has 1 aliphatic rings. The minimum absolute atomic E-state index is 0.0530. The first-order valence-electron chi connectivity index (χ1n) is 8.41. The smallest absolute Gasteiger partial charge is 0.390 e. The molecule has 2 aromatic rings. The number of amides is 1. The summed E-state index contributed by atoms with van der Waals surface area (Å²) < 4.78 is 38.1. The fourth-order valence-corrected chi connectivity index (χ4v) is 3.31. The lowest BCUT2D eigenvalue weighted by Crippen LogP contribution is -2.45. The molecule has 146 valence electrons. The van der Waals surface area contributed by atoms with Gasteiger partial charge >= 0.3 is 6.18 Å². The first kappa shape index (κ1) is 19.8. The van der Waals surface area contributed by atoms with E-state index in [1.165, 1.54) is 30.3 Å². The molecule has 4 atom stereocenters. The Morgan fingerprint density at radius 3 is 2.61 bits per heavy atom. The SMILES string of the molecule is N#Cc1cccc(C(=O)N[C@H]2[C@H](O)[C@H](O)C[C@@H]2c2ccc(C(F)(F)F)nc2)c1. The van der Waals surface area contributed by atoms with Crippen LogP contribution in [0.2, 0.25) is 0 Å². The molecule has 0 radical (unpaired) electrons. The van der Waals surface area contributed by atoms with E-state index in [1.54, 1.807) is 0 Å². The molecule has 0 unspecified atom stereocenters. The number of rotatable bonds is 3. The molecule has 6 nitrogen and oxygen atoms in total. The van der Waals surface area contributed by atoms with Crippen LogP contribution in [0, 0.1) is 11.3 Å². The number of pyridine rings is 1. The minimum atomic E-state index is -4.58. The van der Waals surface area contributed by atoms with Gasteiger partial charge in [0.15, 0.2) is 0 Å². The lowest BCUT2D eigenvalue weighted by Gasteiger charge is -2.24. The molecule has 1 heterocycles. The van der Waals surface area contributed by atoms with Crippen LogP contribution in [0.3, 0.4) is 0 Å². The molecule has 9 heteroatoms. The first-order valence-corrected chi connectivity index (χ1v) is 8.41. The van der Waals surface area contributed by atoms with Crippen molar-refractivity contribution in [1.29, 1.82) is 5.26 Å². The number of aromatic nitrogens is 1. The van der Waals surface area contributed by atoms with E-state index in [0.29, 0.717) is 5.56 Å². The average molecular weight is 391 g/mol. The number of carbonyl (C=O) groups excluding carboxylic acids is 1. The third kappa shape index (κ3) is 3.98. The number of aliphatic hydroxyl groups excluding tert-OH is 2. The molecule has 0 spiro atoms. The molecule has 1 fully saturated rings. The maximum atomic E-state index is 12.7. The van der Waals surface area contributed by atoms with Gasteiger partial charge in [-0.3, -0.25) is 9.78 Å². The molecule has 0 saturated heterocycles. The van der Waals surface area contributed by atoms with Crippen molar-refractivity contribution in [2.75, 3.05) is 0 Å². The van der Waals surface area contributed by atoms with Crippen LogP contribution >= 0.6 is 0 Å². The normalized spacial score (nSPS) is 24.6. The van der Waals surface area contributed by atoms with Crippen LogP contribution in [-0.2, 0) is 6.18 Å². The average Bonchev–Trinajstić information content (AvgIpc) is 2.96. The quantitative estimate of drug-likeness (QED) is 0.742. The first-order chi connectivity index (χ1) is 13.2. The molecule has 0 bridgehead atoms. The topological polar surface area (TPSA) is 106 Å². The molecule has 3 N–H and O–H groups in total. The monoisotopic (exact) mass is 391 g/mol. The Hall–Kier alpha value is -2.96. The Balaban J connectivity index is 1.83. The highest BCUT2D eigenvalue weighted by molar-refractivity contribution is 5.94. The van der Waals surface area contributed by atoms with E-state index < -0.39 is 41.9 Å². The molecule has 28 heavy (non-hydrogen) atoms. The number of hydrogen-bond donors (Lipinski definition) is 3. The molecule has 1 saturated carbocycles. The van der Waals surface area contributed by atoms with E-state index in [-0.39, 0.29) is 17.5 Å². The van der Waals surface area contributed by atoms with Crippen LogP contribution in [0.1, 0.15) is 39.5 Å². The predicted octanol–water partition coefficient (Wildman–Crippen LogP) is 1.98. The zero-order chi connectivity index (χ0) is 20.5. The van der Waals surface area contributed by atoms with Gasteiger partial charge in [0.1, 0.15) is 11.8 Å². The lowest BCUT2D eigenvalue weighted by atomic mass is 9.94. The van der Waals surface area contributed by atoms with Gasteiger partial charge in [-0.1, -0.05) is 12.1 Å². The number of benzene rings is 1. The Morgan fingerprint density at radius 2 is 2.00 bits per heavy atom. The minimum Gasteiger partial charge on any atom is -0.390 e. The highest BCUT2D eigenvalue weighted by Gasteiger charge is 2.43. The highest BCUT2D eigenvalue weighted by Crippen LogP contribution is 2.36. The van der Waals surface area contributed by atoms with Gasteiger partial charge in [0.05, 0.1) is 23.8 Å².